The molecular weight excluding hydrogens is 374 g/mol. The van der Waals surface area contributed by atoms with E-state index in [-0.39, 0.29) is 21.5 Å². The molecule has 144 valence electrons. The first-order valence-electron chi connectivity index (χ1n) is 8.44. The number of hydrogen-bond donors (Lipinski definition) is 1. The van der Waals surface area contributed by atoms with Crippen LogP contribution in [0.1, 0.15) is 29.8 Å². The highest BCUT2D eigenvalue weighted by Crippen LogP contribution is 2.23. The molecule has 0 saturated carbocycles. The van der Waals surface area contributed by atoms with Gasteiger partial charge in [-0.2, -0.15) is 4.31 Å². The molecule has 2 aromatic rings. The van der Waals surface area contributed by atoms with Gasteiger partial charge in [-0.1, -0.05) is 6.42 Å². The molecule has 2 heterocycles. The number of rotatable bonds is 6. The van der Waals surface area contributed by atoms with Crippen LogP contribution in [0, 0.1) is 4.91 Å². The van der Waals surface area contributed by atoms with Gasteiger partial charge < -0.3 is 9.73 Å². The maximum absolute atomic E-state index is 12.6. The Balaban J connectivity index is 1.69. The number of anilines is 1. The van der Waals surface area contributed by atoms with Crippen molar-refractivity contribution in [3.05, 3.63) is 47.1 Å². The van der Waals surface area contributed by atoms with Crippen molar-refractivity contribution < 1.29 is 27.4 Å². The SMILES string of the molecule is CO[N+](=O)c1ccc(C(=O)Nc2ccc(S(=O)(=O)N3CCCCC3)cc2)o1. The lowest BCUT2D eigenvalue weighted by Crippen LogP contribution is -2.35. The Hall–Kier alpha value is -2.72. The van der Waals surface area contributed by atoms with E-state index in [0.29, 0.717) is 18.8 Å². The van der Waals surface area contributed by atoms with Crippen molar-refractivity contribution in [2.75, 3.05) is 25.5 Å². The summed E-state index contributed by atoms with van der Waals surface area (Å²) < 4.78 is 31.8. The zero-order chi connectivity index (χ0) is 19.4. The Kier molecular flexibility index (Phi) is 5.57. The Morgan fingerprint density at radius 3 is 2.41 bits per heavy atom. The number of carbonyl (C=O) groups excluding carboxylic acids is 1. The van der Waals surface area contributed by atoms with Crippen LogP contribution in [0.3, 0.4) is 0 Å². The lowest BCUT2D eigenvalue weighted by molar-refractivity contribution is -0.744. The van der Waals surface area contributed by atoms with Crippen LogP contribution in [-0.2, 0) is 14.9 Å². The molecule has 1 amide bonds. The Morgan fingerprint density at radius 2 is 1.78 bits per heavy atom. The van der Waals surface area contributed by atoms with Gasteiger partial charge in [-0.3, -0.25) is 4.79 Å². The van der Waals surface area contributed by atoms with E-state index in [0.717, 1.165) is 19.3 Å². The van der Waals surface area contributed by atoms with Gasteiger partial charge in [-0.25, -0.2) is 13.3 Å². The first-order valence-corrected chi connectivity index (χ1v) is 9.88. The van der Waals surface area contributed by atoms with Crippen LogP contribution in [-0.4, -0.2) is 43.8 Å². The van der Waals surface area contributed by atoms with Crippen molar-refractivity contribution >= 4 is 27.5 Å². The minimum atomic E-state index is -3.52. The van der Waals surface area contributed by atoms with E-state index in [1.54, 1.807) is 0 Å². The standard InChI is InChI=1S/C17H19N3O6S/c1-25-20(22)16-10-9-15(26-16)17(21)18-13-5-7-14(8-6-13)27(23,24)19-11-3-2-4-12-19/h5-10H,2-4,11-12H2,1H3/p+1. The molecule has 27 heavy (non-hydrogen) atoms. The molecule has 1 aromatic carbocycles. The fraction of sp³-hybridized carbons (Fsp3) is 0.353. The summed E-state index contributed by atoms with van der Waals surface area (Å²) >= 11 is 0. The molecule has 1 aliphatic heterocycles. The Bertz CT molecular complexity index is 930. The zero-order valence-corrected chi connectivity index (χ0v) is 15.6. The van der Waals surface area contributed by atoms with Crippen LogP contribution in [0.15, 0.2) is 45.7 Å². The summed E-state index contributed by atoms with van der Waals surface area (Å²) in [5, 5.41) is 2.58. The maximum Gasteiger partial charge on any atom is 0.480 e. The molecule has 0 bridgehead atoms. The van der Waals surface area contributed by atoms with Crippen LogP contribution in [0.4, 0.5) is 11.6 Å². The summed E-state index contributed by atoms with van der Waals surface area (Å²) in [5.41, 5.74) is 0.404. The van der Waals surface area contributed by atoms with Gasteiger partial charge in [0.05, 0.1) is 15.9 Å². The predicted octanol–water partition coefficient (Wildman–Crippen LogP) is 2.68. The number of amides is 1. The van der Waals surface area contributed by atoms with Crippen LogP contribution >= 0.6 is 0 Å². The smallest absolute Gasteiger partial charge is 0.393 e. The van der Waals surface area contributed by atoms with Gasteiger partial charge in [0.15, 0.2) is 12.9 Å². The van der Waals surface area contributed by atoms with E-state index in [9.17, 15) is 18.1 Å². The Labute approximate surface area is 156 Å². The van der Waals surface area contributed by atoms with E-state index in [1.807, 2.05) is 0 Å². The number of hydrogen-bond acceptors (Lipinski definition) is 6. The average molecular weight is 394 g/mol. The lowest BCUT2D eigenvalue weighted by Gasteiger charge is -2.25. The lowest BCUT2D eigenvalue weighted by atomic mass is 10.2. The van der Waals surface area contributed by atoms with Gasteiger partial charge in [0.1, 0.15) is 0 Å². The van der Waals surface area contributed by atoms with Crippen molar-refractivity contribution in [2.24, 2.45) is 0 Å². The first-order chi connectivity index (χ1) is 12.9. The van der Waals surface area contributed by atoms with Crippen LogP contribution < -0.4 is 5.32 Å². The van der Waals surface area contributed by atoms with E-state index >= 15 is 0 Å². The number of furan rings is 1. The summed E-state index contributed by atoms with van der Waals surface area (Å²) in [5.74, 6) is -0.809. The maximum atomic E-state index is 12.6. The molecule has 9 nitrogen and oxygen atoms in total. The molecule has 1 N–H and O–H groups in total. The highest BCUT2D eigenvalue weighted by Gasteiger charge is 2.26. The molecule has 0 radical (unpaired) electrons. The van der Waals surface area contributed by atoms with Crippen LogP contribution in [0.2, 0.25) is 0 Å². The number of benzene rings is 1. The second-order valence-corrected chi connectivity index (χ2v) is 7.96. The van der Waals surface area contributed by atoms with Crippen molar-refractivity contribution in [1.82, 2.24) is 4.31 Å². The fourth-order valence-corrected chi connectivity index (χ4v) is 4.31. The molecular formula is C17H20N3O6S+. The topological polar surface area (TPSA) is 109 Å². The number of sulfonamides is 1. The molecule has 1 aromatic heterocycles. The largest absolute Gasteiger partial charge is 0.480 e. The average Bonchev–Trinajstić information content (AvgIpc) is 3.19. The summed E-state index contributed by atoms with van der Waals surface area (Å²) in [4.78, 5) is 28.2. The quantitative estimate of drug-likeness (QED) is 0.755. The van der Waals surface area contributed by atoms with Crippen molar-refractivity contribution in [3.63, 3.8) is 0 Å². The number of nitrogens with zero attached hydrogens (tertiary/aromatic N) is 2. The van der Waals surface area contributed by atoms with Crippen molar-refractivity contribution in [1.29, 1.82) is 0 Å². The third kappa shape index (κ3) is 4.17. The minimum Gasteiger partial charge on any atom is -0.393 e. The molecule has 0 spiro atoms. The molecule has 0 unspecified atom stereocenters. The Morgan fingerprint density at radius 1 is 1.11 bits per heavy atom. The molecule has 1 fully saturated rings. The van der Waals surface area contributed by atoms with Crippen LogP contribution in [0.25, 0.3) is 0 Å². The zero-order valence-electron chi connectivity index (χ0n) is 14.8. The van der Waals surface area contributed by atoms with E-state index in [2.05, 4.69) is 10.2 Å². The minimum absolute atomic E-state index is 0.0760. The molecule has 0 atom stereocenters. The molecule has 3 rings (SSSR count). The van der Waals surface area contributed by atoms with Crippen molar-refractivity contribution in [3.8, 4) is 0 Å². The number of piperidine rings is 1. The molecule has 1 saturated heterocycles. The summed E-state index contributed by atoms with van der Waals surface area (Å²) in [6.07, 6.45) is 2.77. The van der Waals surface area contributed by atoms with Gasteiger partial charge in [0.25, 0.3) is 10.8 Å². The number of nitrogens with one attached hydrogen (secondary N) is 1. The van der Waals surface area contributed by atoms with Gasteiger partial charge in [-0.05, 0) is 43.2 Å². The van der Waals surface area contributed by atoms with Crippen LogP contribution in [0.5, 0.6) is 0 Å². The van der Waals surface area contributed by atoms with Crippen molar-refractivity contribution in [2.45, 2.75) is 24.2 Å². The normalized spacial score (nSPS) is 15.3. The van der Waals surface area contributed by atoms with Gasteiger partial charge >= 0.3 is 5.88 Å². The van der Waals surface area contributed by atoms with E-state index in [1.165, 1.54) is 47.8 Å². The third-order valence-corrected chi connectivity index (χ3v) is 6.14. The number of carbonyl (C=O) groups is 1. The van der Waals surface area contributed by atoms with E-state index in [4.69, 9.17) is 4.42 Å². The fourth-order valence-electron chi connectivity index (χ4n) is 2.80. The second-order valence-electron chi connectivity index (χ2n) is 6.02. The molecule has 0 aliphatic carbocycles. The molecule has 1 aliphatic rings. The predicted molar refractivity (Wildman–Crippen MR) is 96.0 cm³/mol. The second kappa shape index (κ2) is 7.89. The van der Waals surface area contributed by atoms with Gasteiger partial charge in [0, 0.05) is 18.8 Å². The first kappa shape index (κ1) is 19.1. The van der Waals surface area contributed by atoms with Gasteiger partial charge in [0.2, 0.25) is 10.0 Å². The highest BCUT2D eigenvalue weighted by molar-refractivity contribution is 7.89. The summed E-state index contributed by atoms with van der Waals surface area (Å²) in [7, 11) is -2.35. The summed E-state index contributed by atoms with van der Waals surface area (Å²) in [6, 6.07) is 8.57. The monoisotopic (exact) mass is 394 g/mol. The highest BCUT2D eigenvalue weighted by atomic mass is 32.2. The molecule has 10 heteroatoms. The summed E-state index contributed by atoms with van der Waals surface area (Å²) in [6.45, 7) is 1.06. The van der Waals surface area contributed by atoms with Gasteiger partial charge in [-0.15, -0.1) is 0 Å². The van der Waals surface area contributed by atoms with E-state index < -0.39 is 15.9 Å². The third-order valence-electron chi connectivity index (χ3n) is 4.23.